The van der Waals surface area contributed by atoms with Crippen LogP contribution in [0.1, 0.15) is 12.5 Å². The average molecular weight is 394 g/mol. The van der Waals surface area contributed by atoms with E-state index in [0.717, 1.165) is 11.3 Å². The van der Waals surface area contributed by atoms with Crippen LogP contribution in [-0.4, -0.2) is 16.8 Å². The van der Waals surface area contributed by atoms with Crippen molar-refractivity contribution in [2.45, 2.75) is 6.92 Å². The van der Waals surface area contributed by atoms with Gasteiger partial charge in [-0.3, -0.25) is 9.69 Å². The van der Waals surface area contributed by atoms with Crippen molar-refractivity contribution in [2.75, 3.05) is 11.5 Å². The Morgan fingerprint density at radius 3 is 2.64 bits per heavy atom. The highest BCUT2D eigenvalue weighted by Crippen LogP contribution is 2.37. The van der Waals surface area contributed by atoms with Gasteiger partial charge in [0.25, 0.3) is 5.91 Å². The third-order valence-corrected chi connectivity index (χ3v) is 5.04. The molecule has 0 atom stereocenters. The van der Waals surface area contributed by atoms with Gasteiger partial charge in [-0.05, 0) is 48.9 Å². The first kappa shape index (κ1) is 17.9. The summed E-state index contributed by atoms with van der Waals surface area (Å²) in [6.45, 7) is 2.51. The maximum Gasteiger partial charge on any atom is 0.270 e. The molecule has 1 aliphatic heterocycles. The second-order valence-corrected chi connectivity index (χ2v) is 7.20. The lowest BCUT2D eigenvalue weighted by Gasteiger charge is -2.14. The van der Waals surface area contributed by atoms with Crippen LogP contribution in [0.15, 0.2) is 47.4 Å². The smallest absolute Gasteiger partial charge is 0.270 e. The van der Waals surface area contributed by atoms with Crippen LogP contribution in [0.2, 0.25) is 5.02 Å². The third kappa shape index (κ3) is 3.86. The van der Waals surface area contributed by atoms with E-state index in [1.165, 1.54) is 34.9 Å². The van der Waals surface area contributed by atoms with Crippen LogP contribution in [-0.2, 0) is 4.79 Å². The monoisotopic (exact) mass is 393 g/mol. The van der Waals surface area contributed by atoms with Crippen LogP contribution in [0.3, 0.4) is 0 Å². The van der Waals surface area contributed by atoms with E-state index in [1.807, 2.05) is 31.2 Å². The average Bonchev–Trinajstić information content (AvgIpc) is 2.86. The van der Waals surface area contributed by atoms with Gasteiger partial charge < -0.3 is 4.74 Å². The molecule has 0 saturated carbocycles. The van der Waals surface area contributed by atoms with Crippen LogP contribution < -0.4 is 9.64 Å². The minimum absolute atomic E-state index is 0.0537. The second kappa shape index (κ2) is 7.56. The van der Waals surface area contributed by atoms with Gasteiger partial charge in [-0.2, -0.15) is 0 Å². The molecule has 1 saturated heterocycles. The molecule has 1 aliphatic rings. The van der Waals surface area contributed by atoms with Gasteiger partial charge in [0.1, 0.15) is 11.6 Å². The fraction of sp³-hybridized carbons (Fsp3) is 0.111. The van der Waals surface area contributed by atoms with Gasteiger partial charge in [-0.25, -0.2) is 4.39 Å². The Kier molecular flexibility index (Phi) is 5.42. The van der Waals surface area contributed by atoms with Crippen molar-refractivity contribution >= 4 is 57.6 Å². The topological polar surface area (TPSA) is 29.5 Å². The number of carbonyl (C=O) groups excluding carboxylic acids is 1. The van der Waals surface area contributed by atoms with Gasteiger partial charge in [0, 0.05) is 0 Å². The zero-order valence-electron chi connectivity index (χ0n) is 13.2. The maximum atomic E-state index is 13.3. The van der Waals surface area contributed by atoms with Crippen molar-refractivity contribution in [1.29, 1.82) is 0 Å². The van der Waals surface area contributed by atoms with E-state index in [4.69, 9.17) is 28.6 Å². The molecule has 1 fully saturated rings. The number of rotatable bonds is 4. The summed E-state index contributed by atoms with van der Waals surface area (Å²) in [6, 6.07) is 11.5. The first-order valence-electron chi connectivity index (χ1n) is 7.45. The fourth-order valence-electron chi connectivity index (χ4n) is 2.29. The van der Waals surface area contributed by atoms with E-state index >= 15 is 0 Å². The van der Waals surface area contributed by atoms with Crippen LogP contribution in [0.5, 0.6) is 5.75 Å². The number of halogens is 2. The van der Waals surface area contributed by atoms with E-state index in [2.05, 4.69) is 0 Å². The fourth-order valence-corrected chi connectivity index (χ4v) is 3.77. The largest absolute Gasteiger partial charge is 0.494 e. The number of carbonyl (C=O) groups is 1. The summed E-state index contributed by atoms with van der Waals surface area (Å²) in [7, 11) is 0. The predicted octanol–water partition coefficient (Wildman–Crippen LogP) is 5.28. The van der Waals surface area contributed by atoms with Crippen LogP contribution in [0.25, 0.3) is 6.08 Å². The first-order valence-corrected chi connectivity index (χ1v) is 9.05. The quantitative estimate of drug-likeness (QED) is 0.522. The van der Waals surface area contributed by atoms with Crippen LogP contribution >= 0.6 is 35.6 Å². The van der Waals surface area contributed by atoms with Crippen molar-refractivity contribution < 1.29 is 13.9 Å². The molecule has 2 aromatic carbocycles. The summed E-state index contributed by atoms with van der Waals surface area (Å²) < 4.78 is 19.1. The Balaban J connectivity index is 1.86. The van der Waals surface area contributed by atoms with Gasteiger partial charge in [-0.15, -0.1) is 0 Å². The number of benzene rings is 2. The van der Waals surface area contributed by atoms with Gasteiger partial charge in [0.05, 0.1) is 22.2 Å². The normalized spacial score (nSPS) is 16.0. The number of hydrogen-bond acceptors (Lipinski definition) is 4. The molecule has 25 heavy (non-hydrogen) atoms. The highest BCUT2D eigenvalue weighted by molar-refractivity contribution is 8.27. The van der Waals surface area contributed by atoms with E-state index in [1.54, 1.807) is 6.08 Å². The number of amides is 1. The standard InChI is InChI=1S/C18H13ClFNO2S2/c1-2-23-13-6-3-11(4-7-13)9-16-17(22)21(18(24)25-16)12-5-8-15(20)14(19)10-12/h3-10H,2H2,1H3/b16-9+. The van der Waals surface area contributed by atoms with Gasteiger partial charge in [-0.1, -0.05) is 47.7 Å². The van der Waals surface area contributed by atoms with Crippen LogP contribution in [0.4, 0.5) is 10.1 Å². The Hall–Kier alpha value is -1.89. The lowest BCUT2D eigenvalue weighted by Crippen LogP contribution is -2.27. The molecule has 1 amide bonds. The molecule has 0 aliphatic carbocycles. The molecule has 0 aromatic heterocycles. The van der Waals surface area contributed by atoms with E-state index in [9.17, 15) is 9.18 Å². The number of hydrogen-bond donors (Lipinski definition) is 0. The van der Waals surface area contributed by atoms with Crippen LogP contribution in [0, 0.1) is 5.82 Å². The molecule has 3 nitrogen and oxygen atoms in total. The molecule has 0 unspecified atom stereocenters. The maximum absolute atomic E-state index is 13.3. The number of thiocarbonyl (C=S) groups is 1. The molecule has 0 radical (unpaired) electrons. The molecule has 128 valence electrons. The van der Waals surface area contributed by atoms with E-state index in [0.29, 0.717) is 21.5 Å². The summed E-state index contributed by atoms with van der Waals surface area (Å²) in [6.07, 6.45) is 1.76. The zero-order chi connectivity index (χ0) is 18.0. The molecular weight excluding hydrogens is 381 g/mol. The minimum atomic E-state index is -0.541. The lowest BCUT2D eigenvalue weighted by atomic mass is 10.2. The molecule has 2 aromatic rings. The van der Waals surface area contributed by atoms with Gasteiger partial charge in [0.2, 0.25) is 0 Å². The SMILES string of the molecule is CCOc1ccc(/C=C2/SC(=S)N(c3ccc(F)c(Cl)c3)C2=O)cc1. The lowest BCUT2D eigenvalue weighted by molar-refractivity contribution is -0.113. The molecule has 0 N–H and O–H groups in total. The summed E-state index contributed by atoms with van der Waals surface area (Å²) in [5.41, 5.74) is 1.31. The summed E-state index contributed by atoms with van der Waals surface area (Å²) in [5, 5.41) is -0.0537. The minimum Gasteiger partial charge on any atom is -0.494 e. The van der Waals surface area contributed by atoms with Crippen molar-refractivity contribution in [2.24, 2.45) is 0 Å². The Labute approximate surface area is 159 Å². The van der Waals surface area contributed by atoms with E-state index < -0.39 is 5.82 Å². The van der Waals surface area contributed by atoms with Gasteiger partial charge >= 0.3 is 0 Å². The predicted molar refractivity (Wildman–Crippen MR) is 105 cm³/mol. The summed E-state index contributed by atoms with van der Waals surface area (Å²) in [4.78, 5) is 14.5. The Morgan fingerprint density at radius 2 is 2.00 bits per heavy atom. The zero-order valence-corrected chi connectivity index (χ0v) is 15.6. The number of anilines is 1. The van der Waals surface area contributed by atoms with E-state index in [-0.39, 0.29) is 10.9 Å². The first-order chi connectivity index (χ1) is 12.0. The van der Waals surface area contributed by atoms with Gasteiger partial charge in [0.15, 0.2) is 4.32 Å². The summed E-state index contributed by atoms with van der Waals surface area (Å²) in [5.74, 6) is -0.0273. The van der Waals surface area contributed by atoms with Crippen molar-refractivity contribution in [3.8, 4) is 5.75 Å². The third-order valence-electron chi connectivity index (χ3n) is 3.44. The molecule has 0 spiro atoms. The number of thioether (sulfide) groups is 1. The molecule has 0 bridgehead atoms. The number of nitrogens with zero attached hydrogens (tertiary/aromatic N) is 1. The summed E-state index contributed by atoms with van der Waals surface area (Å²) >= 11 is 12.3. The Bertz CT molecular complexity index is 868. The van der Waals surface area contributed by atoms with Crippen molar-refractivity contribution in [1.82, 2.24) is 0 Å². The highest BCUT2D eigenvalue weighted by Gasteiger charge is 2.33. The Morgan fingerprint density at radius 1 is 1.28 bits per heavy atom. The highest BCUT2D eigenvalue weighted by atomic mass is 35.5. The van der Waals surface area contributed by atoms with Crippen molar-refractivity contribution in [3.63, 3.8) is 0 Å². The molecule has 7 heteroatoms. The van der Waals surface area contributed by atoms with Crippen molar-refractivity contribution in [3.05, 3.63) is 63.8 Å². The second-order valence-electron chi connectivity index (χ2n) is 5.12. The molecular formula is C18H13ClFNO2S2. The number of ether oxygens (including phenoxy) is 1. The molecule has 3 rings (SSSR count). The molecule has 1 heterocycles.